The number of halogens is 4. The topological polar surface area (TPSA) is 53.8 Å². The first kappa shape index (κ1) is 15.2. The maximum absolute atomic E-state index is 13.8. The molecule has 2 aromatic rings. The largest absolute Gasteiger partial charge is 0.382 e. The number of aliphatic hydroxyl groups excluding tert-OH is 1. The van der Waals surface area contributed by atoms with Crippen molar-refractivity contribution in [2.24, 2.45) is 0 Å². The number of hydrogen-bond acceptors (Lipinski definition) is 2. The van der Waals surface area contributed by atoms with Gasteiger partial charge in [-0.3, -0.25) is 5.10 Å². The zero-order valence-electron chi connectivity index (χ0n) is 11.3. The molecule has 2 aromatic heterocycles. The van der Waals surface area contributed by atoms with E-state index in [2.05, 4.69) is 10.2 Å². The molecule has 4 nitrogen and oxygen atoms in total. The monoisotopic (exact) mass is 331 g/mol. The molecule has 0 spiro atoms. The van der Waals surface area contributed by atoms with Crippen molar-refractivity contribution in [2.45, 2.75) is 30.5 Å². The number of hydrogen-bond donors (Lipinski definition) is 2. The summed E-state index contributed by atoms with van der Waals surface area (Å²) in [6, 6.07) is 1.61. The molecule has 0 saturated carbocycles. The minimum Gasteiger partial charge on any atom is -0.382 e. The van der Waals surface area contributed by atoms with Crippen LogP contribution < -0.4 is 0 Å². The molecule has 2 atom stereocenters. The number of aromatic nitrogens is 3. The van der Waals surface area contributed by atoms with Crippen LogP contribution in [-0.4, -0.2) is 31.4 Å². The summed E-state index contributed by atoms with van der Waals surface area (Å²) >= 11 is 5.24. The van der Waals surface area contributed by atoms with Gasteiger partial charge in [-0.15, -0.1) is 0 Å². The molecular formula is C14H13ClF3N3O. The van der Waals surface area contributed by atoms with Crippen LogP contribution in [0.5, 0.6) is 0 Å². The molecule has 118 valence electrons. The number of nitrogens with one attached hydrogen (secondary N) is 1. The minimum absolute atomic E-state index is 0.0629. The Hall–Kier alpha value is -1.73. The van der Waals surface area contributed by atoms with Crippen LogP contribution in [0.3, 0.4) is 0 Å². The van der Waals surface area contributed by atoms with Crippen molar-refractivity contribution in [3.63, 3.8) is 0 Å². The number of rotatable bonds is 3. The second-order valence-electron chi connectivity index (χ2n) is 5.11. The molecule has 0 bridgehead atoms. The van der Waals surface area contributed by atoms with E-state index in [1.54, 1.807) is 18.5 Å². The number of aromatic amines is 1. The third-order valence-electron chi connectivity index (χ3n) is 3.72. The molecule has 8 heteroatoms. The second-order valence-corrected chi connectivity index (χ2v) is 5.53. The Bertz CT molecular complexity index is 695. The first-order valence-corrected chi connectivity index (χ1v) is 7.10. The van der Waals surface area contributed by atoms with Gasteiger partial charge in [-0.2, -0.15) is 5.10 Å². The maximum Gasteiger partial charge on any atom is 0.278 e. The number of fused-ring (bicyclic) bond motifs is 1. The van der Waals surface area contributed by atoms with Gasteiger partial charge in [-0.1, -0.05) is 11.6 Å². The van der Waals surface area contributed by atoms with Crippen LogP contribution >= 0.6 is 11.6 Å². The Balaban J connectivity index is 2.15. The van der Waals surface area contributed by atoms with Gasteiger partial charge in [-0.25, -0.2) is 13.2 Å². The van der Waals surface area contributed by atoms with Crippen molar-refractivity contribution in [1.29, 1.82) is 0 Å². The van der Waals surface area contributed by atoms with Crippen LogP contribution in [0.15, 0.2) is 24.5 Å². The van der Waals surface area contributed by atoms with Crippen LogP contribution in [0.2, 0.25) is 0 Å². The molecular weight excluding hydrogens is 319 g/mol. The van der Waals surface area contributed by atoms with Gasteiger partial charge in [0.15, 0.2) is 5.63 Å². The van der Waals surface area contributed by atoms with Crippen molar-refractivity contribution in [1.82, 2.24) is 14.8 Å². The first-order valence-electron chi connectivity index (χ1n) is 6.66. The fourth-order valence-electron chi connectivity index (χ4n) is 2.69. The van der Waals surface area contributed by atoms with Gasteiger partial charge in [0.25, 0.3) is 5.92 Å². The normalized spacial score (nSPS) is 22.0. The van der Waals surface area contributed by atoms with E-state index >= 15 is 0 Å². The molecule has 0 amide bonds. The zero-order valence-corrected chi connectivity index (χ0v) is 12.1. The third kappa shape index (κ3) is 2.55. The average Bonchev–Trinajstić information content (AvgIpc) is 3.08. The lowest BCUT2D eigenvalue weighted by Gasteiger charge is -2.29. The van der Waals surface area contributed by atoms with Gasteiger partial charge in [-0.05, 0) is 18.6 Å². The summed E-state index contributed by atoms with van der Waals surface area (Å²) < 4.78 is 42.0. The maximum atomic E-state index is 13.8. The molecule has 0 saturated heterocycles. The zero-order chi connectivity index (χ0) is 15.9. The summed E-state index contributed by atoms with van der Waals surface area (Å²) in [6.07, 6.45) is 3.22. The molecule has 1 aliphatic carbocycles. The summed E-state index contributed by atoms with van der Waals surface area (Å²) in [7, 11) is 0. The van der Waals surface area contributed by atoms with E-state index in [1.165, 1.54) is 10.8 Å². The Kier molecular flexibility index (Phi) is 3.78. The molecule has 1 aliphatic rings. The van der Waals surface area contributed by atoms with Crippen molar-refractivity contribution in [2.75, 3.05) is 0 Å². The molecule has 0 fully saturated rings. The standard InChI is InChI=1S/C14H13ClF3N3O/c15-11(16)3-6-21-7-8(9-2-5-19-20-9)12-10(21)1-4-14(17,18)13(12)22/h2-3,5-7,11,13,22H,1,4H2,(H,19,20). The molecule has 0 aliphatic heterocycles. The highest BCUT2D eigenvalue weighted by Gasteiger charge is 2.46. The molecule has 2 heterocycles. The quantitative estimate of drug-likeness (QED) is 0.846. The summed E-state index contributed by atoms with van der Waals surface area (Å²) in [5, 5.41) is 16.6. The molecule has 0 aromatic carbocycles. The predicted octanol–water partition coefficient (Wildman–Crippen LogP) is 3.50. The van der Waals surface area contributed by atoms with E-state index in [0.29, 0.717) is 17.0 Å². The van der Waals surface area contributed by atoms with Crippen LogP contribution in [-0.2, 0) is 6.42 Å². The molecule has 22 heavy (non-hydrogen) atoms. The van der Waals surface area contributed by atoms with Gasteiger partial charge < -0.3 is 9.67 Å². The minimum atomic E-state index is -3.21. The first-order chi connectivity index (χ1) is 10.4. The van der Waals surface area contributed by atoms with Gasteiger partial charge in [0.05, 0.1) is 5.69 Å². The van der Waals surface area contributed by atoms with Crippen molar-refractivity contribution in [3.05, 3.63) is 35.8 Å². The number of aliphatic hydroxyl groups is 1. The Morgan fingerprint density at radius 3 is 2.95 bits per heavy atom. The lowest BCUT2D eigenvalue weighted by molar-refractivity contribution is -0.121. The highest BCUT2D eigenvalue weighted by molar-refractivity contribution is 6.20. The van der Waals surface area contributed by atoms with Gasteiger partial charge in [0.2, 0.25) is 0 Å². The lowest BCUT2D eigenvalue weighted by Crippen LogP contribution is -2.32. The van der Waals surface area contributed by atoms with Gasteiger partial charge >= 0.3 is 0 Å². The number of nitrogens with zero attached hydrogens (tertiary/aromatic N) is 2. The molecule has 2 N–H and O–H groups in total. The summed E-state index contributed by atoms with van der Waals surface area (Å²) in [5.41, 5.74) is -0.231. The summed E-state index contributed by atoms with van der Waals surface area (Å²) in [6.45, 7) is 0. The Morgan fingerprint density at radius 1 is 1.55 bits per heavy atom. The van der Waals surface area contributed by atoms with E-state index in [-0.39, 0.29) is 12.0 Å². The number of allylic oxidation sites excluding steroid dienone is 1. The Labute approximate surface area is 129 Å². The van der Waals surface area contributed by atoms with E-state index in [4.69, 9.17) is 11.6 Å². The Morgan fingerprint density at radius 2 is 2.32 bits per heavy atom. The SMILES string of the molecule is OC1c2c(-c3cc[nH]n3)cn(C=CC(F)Cl)c2CCC1(F)F. The van der Waals surface area contributed by atoms with E-state index in [0.717, 1.165) is 6.08 Å². The van der Waals surface area contributed by atoms with Gasteiger partial charge in [0.1, 0.15) is 6.10 Å². The van der Waals surface area contributed by atoms with Crippen molar-refractivity contribution in [3.8, 4) is 11.3 Å². The predicted molar refractivity (Wildman–Crippen MR) is 76.3 cm³/mol. The van der Waals surface area contributed by atoms with Crippen molar-refractivity contribution >= 4 is 17.8 Å². The van der Waals surface area contributed by atoms with Crippen LogP contribution in [0.1, 0.15) is 23.8 Å². The van der Waals surface area contributed by atoms with Crippen LogP contribution in [0.4, 0.5) is 13.2 Å². The number of alkyl halides is 4. The molecule has 2 unspecified atom stereocenters. The smallest absolute Gasteiger partial charge is 0.278 e. The van der Waals surface area contributed by atoms with Crippen molar-refractivity contribution < 1.29 is 18.3 Å². The number of H-pyrrole nitrogens is 1. The second kappa shape index (κ2) is 5.48. The van der Waals surface area contributed by atoms with E-state index in [9.17, 15) is 18.3 Å². The van der Waals surface area contributed by atoms with Crippen LogP contribution in [0, 0.1) is 0 Å². The fraction of sp³-hybridized carbons (Fsp3) is 0.357. The molecule has 0 radical (unpaired) electrons. The average molecular weight is 332 g/mol. The van der Waals surface area contributed by atoms with Crippen LogP contribution in [0.25, 0.3) is 17.5 Å². The summed E-state index contributed by atoms with van der Waals surface area (Å²) in [4.78, 5) is 0. The van der Waals surface area contributed by atoms with Gasteiger partial charge in [0, 0.05) is 41.8 Å². The third-order valence-corrected chi connectivity index (χ3v) is 3.86. The highest BCUT2D eigenvalue weighted by atomic mass is 35.5. The summed E-state index contributed by atoms with van der Waals surface area (Å²) in [5.74, 6) is -3.21. The highest BCUT2D eigenvalue weighted by Crippen LogP contribution is 2.46. The van der Waals surface area contributed by atoms with E-state index in [1.807, 2.05) is 0 Å². The fourth-order valence-corrected chi connectivity index (χ4v) is 2.75. The molecule has 3 rings (SSSR count). The van der Waals surface area contributed by atoms with E-state index < -0.39 is 24.1 Å². The lowest BCUT2D eigenvalue weighted by atomic mass is 9.88.